The Morgan fingerprint density at radius 2 is 2.53 bits per heavy atom. The average Bonchev–Trinajstić information content (AvgIpc) is 2.91. The zero-order chi connectivity index (χ0) is 12.3. The van der Waals surface area contributed by atoms with Crippen LogP contribution in [0.4, 0.5) is 0 Å². The molecule has 0 bridgehead atoms. The maximum Gasteiger partial charge on any atom is 0.247 e. The molecule has 17 heavy (non-hydrogen) atoms. The van der Waals surface area contributed by atoms with E-state index in [2.05, 4.69) is 10.1 Å². The molecule has 1 amide bonds. The molecule has 7 heteroatoms. The number of hydrogen-bond donors (Lipinski definition) is 1. The van der Waals surface area contributed by atoms with E-state index in [1.807, 2.05) is 6.92 Å². The summed E-state index contributed by atoms with van der Waals surface area (Å²) in [4.78, 5) is 17.8. The Labute approximate surface area is 99.5 Å². The van der Waals surface area contributed by atoms with Gasteiger partial charge in [0.2, 0.25) is 5.91 Å². The normalized spacial score (nSPS) is 22.5. The van der Waals surface area contributed by atoms with Crippen LogP contribution in [0.1, 0.15) is 13.0 Å². The van der Waals surface area contributed by atoms with Crippen molar-refractivity contribution >= 4 is 5.91 Å². The number of aromatic nitrogens is 3. The van der Waals surface area contributed by atoms with E-state index in [9.17, 15) is 4.79 Å². The maximum absolute atomic E-state index is 12.2. The molecule has 1 aliphatic heterocycles. The van der Waals surface area contributed by atoms with E-state index in [-0.39, 0.29) is 18.1 Å². The third kappa shape index (κ3) is 2.62. The van der Waals surface area contributed by atoms with Gasteiger partial charge >= 0.3 is 0 Å². The Morgan fingerprint density at radius 3 is 3.18 bits per heavy atom. The van der Waals surface area contributed by atoms with Gasteiger partial charge in [-0.25, -0.2) is 9.67 Å². The predicted octanol–water partition coefficient (Wildman–Crippen LogP) is -0.975. The van der Waals surface area contributed by atoms with E-state index < -0.39 is 0 Å². The largest absolute Gasteiger partial charge is 0.373 e. The van der Waals surface area contributed by atoms with E-state index >= 15 is 0 Å². The van der Waals surface area contributed by atoms with Gasteiger partial charge in [-0.2, -0.15) is 5.10 Å². The molecule has 1 saturated heterocycles. The standard InChI is InChI=1S/C10H17N5O2/c1-8(15-7-12-6-13-15)10(16)14-2-3-17-9(4-11)5-14/h6-9H,2-5,11H2,1H3. The Bertz CT molecular complexity index is 367. The van der Waals surface area contributed by atoms with Crippen molar-refractivity contribution in [2.75, 3.05) is 26.2 Å². The van der Waals surface area contributed by atoms with Crippen LogP contribution in [-0.4, -0.2) is 57.9 Å². The molecule has 0 saturated carbocycles. The second-order valence-corrected chi connectivity index (χ2v) is 4.06. The van der Waals surface area contributed by atoms with Crippen molar-refractivity contribution in [3.8, 4) is 0 Å². The van der Waals surface area contributed by atoms with Crippen LogP contribution in [0, 0.1) is 0 Å². The summed E-state index contributed by atoms with van der Waals surface area (Å²) in [6.07, 6.45) is 2.91. The van der Waals surface area contributed by atoms with E-state index in [0.29, 0.717) is 26.2 Å². The SMILES string of the molecule is CC(C(=O)N1CCOC(CN)C1)n1cncn1. The molecule has 0 aromatic carbocycles. The lowest BCUT2D eigenvalue weighted by Gasteiger charge is -2.33. The average molecular weight is 239 g/mol. The highest BCUT2D eigenvalue weighted by atomic mass is 16.5. The van der Waals surface area contributed by atoms with Crippen LogP contribution in [0.2, 0.25) is 0 Å². The zero-order valence-corrected chi connectivity index (χ0v) is 9.82. The molecule has 2 rings (SSSR count). The number of nitrogens with zero attached hydrogens (tertiary/aromatic N) is 4. The van der Waals surface area contributed by atoms with Gasteiger partial charge in [-0.1, -0.05) is 0 Å². The van der Waals surface area contributed by atoms with E-state index in [1.165, 1.54) is 6.33 Å². The van der Waals surface area contributed by atoms with Crippen LogP contribution in [0.5, 0.6) is 0 Å². The molecule has 1 aliphatic rings. The molecular formula is C10H17N5O2. The lowest BCUT2D eigenvalue weighted by Crippen LogP contribution is -2.49. The summed E-state index contributed by atoms with van der Waals surface area (Å²) < 4.78 is 6.98. The molecule has 0 aliphatic carbocycles. The van der Waals surface area contributed by atoms with Crippen molar-refractivity contribution in [2.24, 2.45) is 5.73 Å². The Balaban J connectivity index is 1.99. The molecule has 0 radical (unpaired) electrons. The number of morpholine rings is 1. The van der Waals surface area contributed by atoms with Gasteiger partial charge < -0.3 is 15.4 Å². The molecule has 1 aromatic rings. The van der Waals surface area contributed by atoms with Gasteiger partial charge in [-0.15, -0.1) is 0 Å². The summed E-state index contributed by atoms with van der Waals surface area (Å²) in [5, 5.41) is 3.97. The van der Waals surface area contributed by atoms with Gasteiger partial charge in [0.15, 0.2) is 0 Å². The summed E-state index contributed by atoms with van der Waals surface area (Å²) >= 11 is 0. The lowest BCUT2D eigenvalue weighted by molar-refractivity contribution is -0.141. The third-order valence-corrected chi connectivity index (χ3v) is 2.90. The molecule has 7 nitrogen and oxygen atoms in total. The van der Waals surface area contributed by atoms with Gasteiger partial charge in [0.1, 0.15) is 18.7 Å². The first-order valence-corrected chi connectivity index (χ1v) is 5.67. The summed E-state index contributed by atoms with van der Waals surface area (Å²) in [6, 6.07) is -0.339. The van der Waals surface area contributed by atoms with Crippen molar-refractivity contribution in [1.29, 1.82) is 0 Å². The minimum absolute atomic E-state index is 0.0252. The number of carbonyl (C=O) groups is 1. The van der Waals surface area contributed by atoms with E-state index in [1.54, 1.807) is 15.9 Å². The van der Waals surface area contributed by atoms with Crippen molar-refractivity contribution in [1.82, 2.24) is 19.7 Å². The number of ether oxygens (including phenoxy) is 1. The molecule has 2 atom stereocenters. The summed E-state index contributed by atoms with van der Waals surface area (Å²) in [6.45, 7) is 3.94. The van der Waals surface area contributed by atoms with Crippen LogP contribution in [-0.2, 0) is 9.53 Å². The zero-order valence-electron chi connectivity index (χ0n) is 9.82. The highest BCUT2D eigenvalue weighted by molar-refractivity contribution is 5.80. The first-order chi connectivity index (χ1) is 8.22. The molecular weight excluding hydrogens is 222 g/mol. The highest BCUT2D eigenvalue weighted by Gasteiger charge is 2.27. The van der Waals surface area contributed by atoms with Gasteiger partial charge in [0.05, 0.1) is 12.7 Å². The Hall–Kier alpha value is -1.47. The van der Waals surface area contributed by atoms with Gasteiger partial charge in [0, 0.05) is 19.6 Å². The molecule has 1 fully saturated rings. The molecule has 1 aromatic heterocycles. The summed E-state index contributed by atoms with van der Waals surface area (Å²) in [5.74, 6) is 0.0252. The van der Waals surface area contributed by atoms with Gasteiger partial charge in [-0.3, -0.25) is 4.79 Å². The Kier molecular flexibility index (Phi) is 3.70. The van der Waals surface area contributed by atoms with Crippen LogP contribution in [0.15, 0.2) is 12.7 Å². The minimum Gasteiger partial charge on any atom is -0.373 e. The molecule has 2 N–H and O–H groups in total. The van der Waals surface area contributed by atoms with Gasteiger partial charge in [0.25, 0.3) is 0 Å². The second kappa shape index (κ2) is 5.24. The van der Waals surface area contributed by atoms with Crippen molar-refractivity contribution < 1.29 is 9.53 Å². The first kappa shape index (κ1) is 12.0. The van der Waals surface area contributed by atoms with Crippen molar-refractivity contribution in [2.45, 2.75) is 19.1 Å². The van der Waals surface area contributed by atoms with Crippen LogP contribution < -0.4 is 5.73 Å². The minimum atomic E-state index is -0.339. The van der Waals surface area contributed by atoms with Gasteiger partial charge in [-0.05, 0) is 6.92 Å². The fraction of sp³-hybridized carbons (Fsp3) is 0.700. The van der Waals surface area contributed by atoms with E-state index in [4.69, 9.17) is 10.5 Å². The Morgan fingerprint density at radius 1 is 1.71 bits per heavy atom. The number of carbonyl (C=O) groups excluding carboxylic acids is 1. The highest BCUT2D eigenvalue weighted by Crippen LogP contribution is 2.12. The third-order valence-electron chi connectivity index (χ3n) is 2.90. The fourth-order valence-corrected chi connectivity index (χ4v) is 1.86. The fourth-order valence-electron chi connectivity index (χ4n) is 1.86. The second-order valence-electron chi connectivity index (χ2n) is 4.06. The number of nitrogens with two attached hydrogens (primary N) is 1. The summed E-state index contributed by atoms with van der Waals surface area (Å²) in [7, 11) is 0. The summed E-state index contributed by atoms with van der Waals surface area (Å²) in [5.41, 5.74) is 5.55. The monoisotopic (exact) mass is 239 g/mol. The quantitative estimate of drug-likeness (QED) is 0.733. The molecule has 0 spiro atoms. The molecule has 2 unspecified atom stereocenters. The van der Waals surface area contributed by atoms with Crippen molar-refractivity contribution in [3.05, 3.63) is 12.7 Å². The van der Waals surface area contributed by atoms with Crippen LogP contribution in [0.3, 0.4) is 0 Å². The topological polar surface area (TPSA) is 86.3 Å². The van der Waals surface area contributed by atoms with Crippen LogP contribution in [0.25, 0.3) is 0 Å². The first-order valence-electron chi connectivity index (χ1n) is 5.67. The van der Waals surface area contributed by atoms with Crippen LogP contribution >= 0.6 is 0 Å². The molecule has 2 heterocycles. The lowest BCUT2D eigenvalue weighted by atomic mass is 10.2. The smallest absolute Gasteiger partial charge is 0.247 e. The number of amides is 1. The predicted molar refractivity (Wildman–Crippen MR) is 60.1 cm³/mol. The number of hydrogen-bond acceptors (Lipinski definition) is 5. The number of rotatable bonds is 3. The van der Waals surface area contributed by atoms with Crippen molar-refractivity contribution in [3.63, 3.8) is 0 Å². The molecule has 94 valence electrons. The van der Waals surface area contributed by atoms with E-state index in [0.717, 1.165) is 0 Å². The maximum atomic E-state index is 12.2.